The number of nitrogens with one attached hydrogen (secondary N) is 3. The van der Waals surface area contributed by atoms with E-state index >= 15 is 0 Å². The highest BCUT2D eigenvalue weighted by molar-refractivity contribution is 5.95. The number of amides is 2. The van der Waals surface area contributed by atoms with Crippen LogP contribution in [0.3, 0.4) is 0 Å². The number of hydrogen-bond donors (Lipinski definition) is 3. The molecule has 0 bridgehead atoms. The van der Waals surface area contributed by atoms with Crippen LogP contribution in [0.25, 0.3) is 0 Å². The van der Waals surface area contributed by atoms with E-state index in [0.717, 1.165) is 16.8 Å². The molecule has 6 nitrogen and oxygen atoms in total. The first-order chi connectivity index (χ1) is 13.5. The summed E-state index contributed by atoms with van der Waals surface area (Å²) in [4.78, 5) is 28.0. The Morgan fingerprint density at radius 1 is 0.964 bits per heavy atom. The zero-order valence-corrected chi connectivity index (χ0v) is 15.8. The standard InChI is InChI=1S/C22H22N4O2/c1-15-6-3-4-7-18(15)14-24-22(28)17-10-11-23-21(12-17)26-20-9-5-8-19(13-20)25-16(2)27/h3-13H,14H2,1-2H3,(H,23,26)(H,24,28)(H,25,27). The molecule has 0 aliphatic heterocycles. The molecule has 2 aromatic carbocycles. The number of aromatic nitrogens is 1. The first kappa shape index (κ1) is 19.1. The van der Waals surface area contributed by atoms with Gasteiger partial charge in [0.2, 0.25) is 5.91 Å². The Hall–Kier alpha value is -3.67. The minimum absolute atomic E-state index is 0.136. The zero-order valence-electron chi connectivity index (χ0n) is 15.8. The van der Waals surface area contributed by atoms with Gasteiger partial charge < -0.3 is 16.0 Å². The van der Waals surface area contributed by atoms with Crippen molar-refractivity contribution in [2.75, 3.05) is 10.6 Å². The van der Waals surface area contributed by atoms with Crippen LogP contribution in [0.1, 0.15) is 28.4 Å². The molecule has 0 saturated heterocycles. The van der Waals surface area contributed by atoms with Gasteiger partial charge in [-0.05, 0) is 48.4 Å². The molecule has 0 unspecified atom stereocenters. The molecule has 0 spiro atoms. The second-order valence-corrected chi connectivity index (χ2v) is 6.43. The predicted molar refractivity (Wildman–Crippen MR) is 111 cm³/mol. The van der Waals surface area contributed by atoms with Crippen LogP contribution in [0.4, 0.5) is 17.2 Å². The van der Waals surface area contributed by atoms with Gasteiger partial charge in [0.1, 0.15) is 5.82 Å². The van der Waals surface area contributed by atoms with Gasteiger partial charge in [0.25, 0.3) is 5.91 Å². The molecule has 1 aromatic heterocycles. The number of hydrogen-bond acceptors (Lipinski definition) is 4. The minimum atomic E-state index is -0.166. The van der Waals surface area contributed by atoms with E-state index in [2.05, 4.69) is 20.9 Å². The summed E-state index contributed by atoms with van der Waals surface area (Å²) in [5.74, 6) is 0.242. The lowest BCUT2D eigenvalue weighted by Crippen LogP contribution is -2.23. The second kappa shape index (κ2) is 8.81. The lowest BCUT2D eigenvalue weighted by Gasteiger charge is -2.10. The molecule has 3 aromatic rings. The van der Waals surface area contributed by atoms with Gasteiger partial charge in [-0.15, -0.1) is 0 Å². The lowest BCUT2D eigenvalue weighted by atomic mass is 10.1. The maximum atomic E-state index is 12.5. The van der Waals surface area contributed by atoms with Gasteiger partial charge in [-0.25, -0.2) is 4.98 Å². The quantitative estimate of drug-likeness (QED) is 0.608. The van der Waals surface area contributed by atoms with Gasteiger partial charge in [-0.2, -0.15) is 0 Å². The van der Waals surface area contributed by atoms with Crippen LogP contribution < -0.4 is 16.0 Å². The van der Waals surface area contributed by atoms with Gasteiger partial charge in [0.15, 0.2) is 0 Å². The minimum Gasteiger partial charge on any atom is -0.348 e. The third-order valence-electron chi connectivity index (χ3n) is 4.18. The molecule has 0 aliphatic rings. The number of aryl methyl sites for hydroxylation is 1. The van der Waals surface area contributed by atoms with E-state index in [1.165, 1.54) is 6.92 Å². The first-order valence-electron chi connectivity index (χ1n) is 8.95. The summed E-state index contributed by atoms with van der Waals surface area (Å²) in [6.07, 6.45) is 1.59. The van der Waals surface area contributed by atoms with Crippen molar-refractivity contribution < 1.29 is 9.59 Å². The van der Waals surface area contributed by atoms with Crippen molar-refractivity contribution in [1.82, 2.24) is 10.3 Å². The Kier molecular flexibility index (Phi) is 6.01. The molecule has 3 N–H and O–H groups in total. The number of rotatable bonds is 6. The van der Waals surface area contributed by atoms with Crippen LogP contribution in [0.15, 0.2) is 66.9 Å². The lowest BCUT2D eigenvalue weighted by molar-refractivity contribution is -0.114. The molecule has 0 saturated carbocycles. The molecule has 1 heterocycles. The highest BCUT2D eigenvalue weighted by Crippen LogP contribution is 2.19. The van der Waals surface area contributed by atoms with Crippen molar-refractivity contribution in [3.05, 3.63) is 83.6 Å². The normalized spacial score (nSPS) is 10.2. The molecule has 28 heavy (non-hydrogen) atoms. The largest absolute Gasteiger partial charge is 0.348 e. The molecule has 0 radical (unpaired) electrons. The number of pyridine rings is 1. The van der Waals surface area contributed by atoms with Gasteiger partial charge in [-0.3, -0.25) is 9.59 Å². The molecule has 3 rings (SSSR count). The van der Waals surface area contributed by atoms with E-state index in [1.807, 2.05) is 43.3 Å². The zero-order chi connectivity index (χ0) is 19.9. The van der Waals surface area contributed by atoms with Gasteiger partial charge in [-0.1, -0.05) is 30.3 Å². The van der Waals surface area contributed by atoms with Crippen LogP contribution in [0, 0.1) is 6.92 Å². The molecule has 6 heteroatoms. The fraction of sp³-hybridized carbons (Fsp3) is 0.136. The van der Waals surface area contributed by atoms with Crippen molar-refractivity contribution in [2.45, 2.75) is 20.4 Å². The van der Waals surface area contributed by atoms with E-state index in [9.17, 15) is 9.59 Å². The van der Waals surface area contributed by atoms with Gasteiger partial charge in [0, 0.05) is 36.6 Å². The number of benzene rings is 2. The van der Waals surface area contributed by atoms with Crippen LogP contribution >= 0.6 is 0 Å². The van der Waals surface area contributed by atoms with Crippen LogP contribution in [-0.2, 0) is 11.3 Å². The highest BCUT2D eigenvalue weighted by Gasteiger charge is 2.08. The number of carbonyl (C=O) groups excluding carboxylic acids is 2. The summed E-state index contributed by atoms with van der Waals surface area (Å²) in [5, 5.41) is 8.82. The van der Waals surface area contributed by atoms with E-state index in [0.29, 0.717) is 23.6 Å². The highest BCUT2D eigenvalue weighted by atomic mass is 16.2. The third kappa shape index (κ3) is 5.17. The fourth-order valence-corrected chi connectivity index (χ4v) is 2.75. The van der Waals surface area contributed by atoms with E-state index in [1.54, 1.807) is 30.5 Å². The average Bonchev–Trinajstić information content (AvgIpc) is 2.67. The van der Waals surface area contributed by atoms with Crippen LogP contribution in [-0.4, -0.2) is 16.8 Å². The summed E-state index contributed by atoms with van der Waals surface area (Å²) >= 11 is 0. The second-order valence-electron chi connectivity index (χ2n) is 6.43. The molecule has 0 fully saturated rings. The molecular formula is C22H22N4O2. The maximum Gasteiger partial charge on any atom is 0.251 e. The van der Waals surface area contributed by atoms with Crippen molar-refractivity contribution in [2.24, 2.45) is 0 Å². The third-order valence-corrected chi connectivity index (χ3v) is 4.18. The Morgan fingerprint density at radius 2 is 1.75 bits per heavy atom. The van der Waals surface area contributed by atoms with Crippen LogP contribution in [0.5, 0.6) is 0 Å². The van der Waals surface area contributed by atoms with Gasteiger partial charge >= 0.3 is 0 Å². The Labute approximate surface area is 164 Å². The summed E-state index contributed by atoms with van der Waals surface area (Å²) in [6.45, 7) is 3.95. The number of nitrogens with zero attached hydrogens (tertiary/aromatic N) is 1. The Morgan fingerprint density at radius 3 is 2.54 bits per heavy atom. The Balaban J connectivity index is 1.67. The maximum absolute atomic E-state index is 12.5. The van der Waals surface area contributed by atoms with E-state index < -0.39 is 0 Å². The van der Waals surface area contributed by atoms with Crippen LogP contribution in [0.2, 0.25) is 0 Å². The Bertz CT molecular complexity index is 1000. The SMILES string of the molecule is CC(=O)Nc1cccc(Nc2cc(C(=O)NCc3ccccc3C)ccn2)c1. The topological polar surface area (TPSA) is 83.1 Å². The summed E-state index contributed by atoms with van der Waals surface area (Å²) in [6, 6.07) is 18.6. The average molecular weight is 374 g/mol. The van der Waals surface area contributed by atoms with Crippen molar-refractivity contribution >= 4 is 29.0 Å². The molecule has 0 aliphatic carbocycles. The molecule has 0 atom stereocenters. The number of anilines is 3. The first-order valence-corrected chi connectivity index (χ1v) is 8.95. The van der Waals surface area contributed by atoms with E-state index in [-0.39, 0.29) is 11.8 Å². The molecule has 2 amide bonds. The van der Waals surface area contributed by atoms with Crippen molar-refractivity contribution in [3.8, 4) is 0 Å². The van der Waals surface area contributed by atoms with Crippen molar-refractivity contribution in [3.63, 3.8) is 0 Å². The predicted octanol–water partition coefficient (Wildman–Crippen LogP) is 4.02. The summed E-state index contributed by atoms with van der Waals surface area (Å²) < 4.78 is 0. The van der Waals surface area contributed by atoms with Gasteiger partial charge in [0.05, 0.1) is 0 Å². The number of carbonyl (C=O) groups is 2. The summed E-state index contributed by atoms with van der Waals surface area (Å²) in [7, 11) is 0. The summed E-state index contributed by atoms with van der Waals surface area (Å²) in [5.41, 5.74) is 4.18. The monoisotopic (exact) mass is 374 g/mol. The smallest absolute Gasteiger partial charge is 0.251 e. The van der Waals surface area contributed by atoms with E-state index in [4.69, 9.17) is 0 Å². The van der Waals surface area contributed by atoms with Crippen molar-refractivity contribution in [1.29, 1.82) is 0 Å². The molecule has 142 valence electrons. The fourth-order valence-electron chi connectivity index (χ4n) is 2.75. The molecular weight excluding hydrogens is 352 g/mol.